The van der Waals surface area contributed by atoms with Crippen molar-refractivity contribution in [1.82, 2.24) is 10.4 Å². The number of alkyl halides is 2. The van der Waals surface area contributed by atoms with Gasteiger partial charge in [-0.15, -0.1) is 0 Å². The summed E-state index contributed by atoms with van der Waals surface area (Å²) >= 11 is 6.88. The lowest BCUT2D eigenvalue weighted by atomic mass is 10.1. The minimum absolute atomic E-state index is 0.105. The van der Waals surface area contributed by atoms with Crippen LogP contribution in [-0.4, -0.2) is 20.3 Å². The highest BCUT2D eigenvalue weighted by atomic mass is 79.9. The van der Waals surface area contributed by atoms with Gasteiger partial charge in [0.05, 0.1) is 14.9 Å². The van der Waals surface area contributed by atoms with Crippen LogP contribution in [0.5, 0.6) is 0 Å². The molecule has 90 valence electrons. The quantitative estimate of drug-likeness (QED) is 0.511. The first-order chi connectivity index (χ1) is 7.96. The van der Waals surface area contributed by atoms with E-state index >= 15 is 0 Å². The fraction of sp³-hybridized carbons (Fsp3) is 0.364. The van der Waals surface area contributed by atoms with Crippen LogP contribution in [0.15, 0.2) is 29.6 Å². The number of carbonyl (C=O) groups excluding carboxylic acids is 1. The maximum atomic E-state index is 11.8. The molecule has 0 spiro atoms. The highest BCUT2D eigenvalue weighted by Gasteiger charge is 2.66. The van der Waals surface area contributed by atoms with Crippen LogP contribution in [0.2, 0.25) is 0 Å². The first-order valence-electron chi connectivity index (χ1n) is 5.07. The van der Waals surface area contributed by atoms with Crippen molar-refractivity contribution in [1.29, 1.82) is 0 Å². The summed E-state index contributed by atoms with van der Waals surface area (Å²) in [7, 11) is 0. The molecule has 2 rings (SSSR count). The molecule has 1 aliphatic carbocycles. The van der Waals surface area contributed by atoms with Crippen LogP contribution in [-0.2, 0) is 4.79 Å². The highest BCUT2D eigenvalue weighted by Crippen LogP contribution is 2.66. The predicted molar refractivity (Wildman–Crippen MR) is 73.3 cm³/mol. The van der Waals surface area contributed by atoms with Gasteiger partial charge in [-0.1, -0.05) is 37.9 Å². The second kappa shape index (κ2) is 4.49. The lowest BCUT2D eigenvalue weighted by molar-refractivity contribution is -0.125. The molecule has 0 aliphatic heterocycles. The molecule has 0 radical (unpaired) electrons. The monoisotopic (exact) mass is 359 g/mol. The summed E-state index contributed by atoms with van der Waals surface area (Å²) in [5.41, 5.74) is 2.93. The van der Waals surface area contributed by atoms with Crippen LogP contribution in [0, 0.1) is 5.41 Å². The van der Waals surface area contributed by atoms with Gasteiger partial charge in [-0.3, -0.25) is 9.78 Å². The van der Waals surface area contributed by atoms with Crippen LogP contribution in [0.4, 0.5) is 0 Å². The van der Waals surface area contributed by atoms with Gasteiger partial charge in [-0.2, -0.15) is 5.10 Å². The number of pyridine rings is 1. The molecule has 0 bridgehead atoms. The van der Waals surface area contributed by atoms with E-state index in [0.29, 0.717) is 0 Å². The van der Waals surface area contributed by atoms with E-state index in [-0.39, 0.29) is 9.14 Å². The van der Waals surface area contributed by atoms with E-state index in [0.717, 1.165) is 12.0 Å². The Morgan fingerprint density at radius 1 is 1.65 bits per heavy atom. The Kier molecular flexibility index (Phi) is 3.36. The third kappa shape index (κ3) is 2.57. The van der Waals surface area contributed by atoms with Crippen LogP contribution < -0.4 is 5.43 Å². The average Bonchev–Trinajstić information content (AvgIpc) is 2.81. The standard InChI is InChI=1S/C11H11Br2N3O/c1-10(7-11(10,12)13)9(17)16-15-6-8-3-2-4-14-5-8/h2-6H,7H2,1H3,(H,16,17). The zero-order chi connectivity index (χ0) is 12.5. The van der Waals surface area contributed by atoms with E-state index in [1.165, 1.54) is 0 Å². The topological polar surface area (TPSA) is 54.4 Å². The second-order valence-electron chi connectivity index (χ2n) is 4.20. The minimum Gasteiger partial charge on any atom is -0.272 e. The van der Waals surface area contributed by atoms with E-state index in [9.17, 15) is 4.79 Å². The lowest BCUT2D eigenvalue weighted by Gasteiger charge is -2.09. The number of halogens is 2. The van der Waals surface area contributed by atoms with Crippen molar-refractivity contribution in [2.24, 2.45) is 10.5 Å². The van der Waals surface area contributed by atoms with Gasteiger partial charge in [-0.05, 0) is 19.4 Å². The Balaban J connectivity index is 1.92. The summed E-state index contributed by atoms with van der Waals surface area (Å²) < 4.78 is -0.291. The van der Waals surface area contributed by atoms with Crippen molar-refractivity contribution in [2.45, 2.75) is 16.6 Å². The first kappa shape index (κ1) is 12.7. The van der Waals surface area contributed by atoms with Crippen LogP contribution in [0.3, 0.4) is 0 Å². The number of carbonyl (C=O) groups is 1. The van der Waals surface area contributed by atoms with Gasteiger partial charge in [0, 0.05) is 18.0 Å². The average molecular weight is 361 g/mol. The molecule has 1 saturated carbocycles. The van der Waals surface area contributed by atoms with Crippen LogP contribution >= 0.6 is 31.9 Å². The lowest BCUT2D eigenvalue weighted by Crippen LogP contribution is -2.29. The molecule has 1 atom stereocenters. The Bertz CT molecular complexity index is 461. The van der Waals surface area contributed by atoms with E-state index in [1.807, 2.05) is 19.1 Å². The Hall–Kier alpha value is -0.750. The van der Waals surface area contributed by atoms with Gasteiger partial charge in [0.2, 0.25) is 5.91 Å². The number of nitrogens with zero attached hydrogens (tertiary/aromatic N) is 2. The van der Waals surface area contributed by atoms with Crippen molar-refractivity contribution in [3.63, 3.8) is 0 Å². The van der Waals surface area contributed by atoms with Gasteiger partial charge < -0.3 is 0 Å². The smallest absolute Gasteiger partial charge is 0.248 e. The van der Waals surface area contributed by atoms with E-state index in [4.69, 9.17) is 0 Å². The number of rotatable bonds is 3. The summed E-state index contributed by atoms with van der Waals surface area (Å²) in [6.07, 6.45) is 5.67. The summed E-state index contributed by atoms with van der Waals surface area (Å²) in [6, 6.07) is 3.67. The van der Waals surface area contributed by atoms with Crippen molar-refractivity contribution < 1.29 is 4.79 Å². The normalized spacial score (nSPS) is 25.8. The van der Waals surface area contributed by atoms with Crippen LogP contribution in [0.25, 0.3) is 0 Å². The van der Waals surface area contributed by atoms with E-state index < -0.39 is 5.41 Å². The fourth-order valence-electron chi connectivity index (χ4n) is 1.39. The Morgan fingerprint density at radius 3 is 2.88 bits per heavy atom. The third-order valence-corrected chi connectivity index (χ3v) is 5.13. The van der Waals surface area contributed by atoms with Gasteiger partial charge in [0.1, 0.15) is 0 Å². The fourth-order valence-corrected chi connectivity index (χ4v) is 2.87. The zero-order valence-corrected chi connectivity index (χ0v) is 12.3. The molecule has 1 aliphatic rings. The van der Waals surface area contributed by atoms with Crippen LogP contribution in [0.1, 0.15) is 18.9 Å². The molecule has 1 fully saturated rings. The molecule has 1 aromatic heterocycles. The minimum atomic E-state index is -0.445. The van der Waals surface area contributed by atoms with Crippen molar-refractivity contribution in [3.8, 4) is 0 Å². The predicted octanol–water partition coefficient (Wildman–Crippen LogP) is 2.43. The highest BCUT2D eigenvalue weighted by molar-refractivity contribution is 9.25. The molecule has 1 N–H and O–H groups in total. The number of hydrazone groups is 1. The molecule has 0 saturated heterocycles. The maximum absolute atomic E-state index is 11.8. The Labute approximate surface area is 116 Å². The summed E-state index contributed by atoms with van der Waals surface area (Å²) in [5, 5.41) is 3.91. The van der Waals surface area contributed by atoms with Gasteiger partial charge in [-0.25, -0.2) is 5.43 Å². The third-order valence-electron chi connectivity index (χ3n) is 2.82. The number of hydrogen-bond acceptors (Lipinski definition) is 3. The molecule has 17 heavy (non-hydrogen) atoms. The molecule has 1 heterocycles. The molecule has 6 heteroatoms. The number of nitrogens with one attached hydrogen (secondary N) is 1. The number of hydrogen-bond donors (Lipinski definition) is 1. The van der Waals surface area contributed by atoms with Crippen molar-refractivity contribution >= 4 is 44.0 Å². The molecular weight excluding hydrogens is 350 g/mol. The van der Waals surface area contributed by atoms with Gasteiger partial charge in [0.15, 0.2) is 0 Å². The zero-order valence-electron chi connectivity index (χ0n) is 9.15. The summed E-state index contributed by atoms with van der Waals surface area (Å²) in [4.78, 5) is 15.8. The Morgan fingerprint density at radius 2 is 2.35 bits per heavy atom. The van der Waals surface area contributed by atoms with Crippen molar-refractivity contribution in [2.75, 3.05) is 0 Å². The number of aromatic nitrogens is 1. The number of amides is 1. The van der Waals surface area contributed by atoms with Crippen molar-refractivity contribution in [3.05, 3.63) is 30.1 Å². The first-order valence-corrected chi connectivity index (χ1v) is 6.66. The molecular formula is C11H11Br2N3O. The molecule has 1 amide bonds. The summed E-state index contributed by atoms with van der Waals surface area (Å²) in [5.74, 6) is -0.105. The molecule has 1 unspecified atom stereocenters. The molecule has 1 aromatic rings. The molecule has 4 nitrogen and oxygen atoms in total. The van der Waals surface area contributed by atoms with Gasteiger partial charge in [0.25, 0.3) is 0 Å². The SMILES string of the molecule is CC1(C(=O)NN=Cc2cccnc2)CC1(Br)Br. The molecule has 0 aromatic carbocycles. The largest absolute Gasteiger partial charge is 0.272 e. The second-order valence-corrected chi connectivity index (χ2v) is 7.97. The maximum Gasteiger partial charge on any atom is 0.248 e. The summed E-state index contributed by atoms with van der Waals surface area (Å²) in [6.45, 7) is 1.88. The van der Waals surface area contributed by atoms with Gasteiger partial charge >= 0.3 is 0 Å². The van der Waals surface area contributed by atoms with E-state index in [1.54, 1.807) is 18.6 Å². The van der Waals surface area contributed by atoms with E-state index in [2.05, 4.69) is 47.4 Å².